The molecule has 0 radical (unpaired) electrons. The number of carbonyl (C=O) groups is 1. The number of anilines is 1. The van der Waals surface area contributed by atoms with Gasteiger partial charge in [0.25, 0.3) is 0 Å². The van der Waals surface area contributed by atoms with E-state index in [1.807, 2.05) is 0 Å². The van der Waals surface area contributed by atoms with Crippen LogP contribution in [0, 0.1) is 17.1 Å². The molecule has 178 valence electrons. The first kappa shape index (κ1) is 24.0. The summed E-state index contributed by atoms with van der Waals surface area (Å²) in [5.41, 5.74) is 0.874. The lowest BCUT2D eigenvalue weighted by atomic mass is 9.97. The molecule has 0 saturated heterocycles. The molecule has 1 aliphatic heterocycles. The van der Waals surface area contributed by atoms with Crippen molar-refractivity contribution >= 4 is 17.4 Å². The van der Waals surface area contributed by atoms with E-state index in [0.29, 0.717) is 28.8 Å². The van der Waals surface area contributed by atoms with Crippen LogP contribution >= 0.6 is 0 Å². The van der Waals surface area contributed by atoms with Gasteiger partial charge in [-0.3, -0.25) is 5.01 Å². The molecule has 35 heavy (non-hydrogen) atoms. The maximum absolute atomic E-state index is 13.6. The zero-order valence-electron chi connectivity index (χ0n) is 18.5. The molecule has 0 bridgehead atoms. The van der Waals surface area contributed by atoms with Gasteiger partial charge in [0.15, 0.2) is 0 Å². The van der Waals surface area contributed by atoms with Gasteiger partial charge in [-0.1, -0.05) is 24.3 Å². The topological polar surface area (TPSA) is 65.7 Å². The Morgan fingerprint density at radius 1 is 1.11 bits per heavy atom. The number of nitrogens with zero attached hydrogens (tertiary/aromatic N) is 3. The molecule has 4 rings (SSSR count). The predicted molar refractivity (Wildman–Crippen MR) is 121 cm³/mol. The Labute approximate surface area is 198 Å². The lowest BCUT2D eigenvalue weighted by Crippen LogP contribution is -2.19. The number of hydrazone groups is 1. The van der Waals surface area contributed by atoms with Crippen LogP contribution in [0.15, 0.2) is 71.8 Å². The molecule has 0 aliphatic carbocycles. The van der Waals surface area contributed by atoms with E-state index in [1.54, 1.807) is 49.4 Å². The van der Waals surface area contributed by atoms with Gasteiger partial charge in [0, 0.05) is 6.42 Å². The molecule has 9 heteroatoms. The van der Waals surface area contributed by atoms with E-state index in [1.165, 1.54) is 23.2 Å². The summed E-state index contributed by atoms with van der Waals surface area (Å²) in [6.07, 6.45) is -4.40. The minimum atomic E-state index is -4.72. The van der Waals surface area contributed by atoms with Crippen molar-refractivity contribution in [3.05, 3.63) is 100 Å². The molecule has 1 aliphatic rings. The number of rotatable bonds is 5. The van der Waals surface area contributed by atoms with Crippen molar-refractivity contribution in [3.8, 4) is 6.07 Å². The summed E-state index contributed by atoms with van der Waals surface area (Å²) in [5.74, 6) is -0.901. The van der Waals surface area contributed by atoms with Gasteiger partial charge in [-0.05, 0) is 60.5 Å². The van der Waals surface area contributed by atoms with Gasteiger partial charge in [0.1, 0.15) is 5.82 Å². The third-order valence-corrected chi connectivity index (χ3v) is 5.59. The fraction of sp³-hybridized carbons (Fsp3) is 0.192. The van der Waals surface area contributed by atoms with Crippen molar-refractivity contribution in [1.82, 2.24) is 0 Å². The van der Waals surface area contributed by atoms with E-state index in [4.69, 9.17) is 10.00 Å². The monoisotopic (exact) mass is 481 g/mol. The van der Waals surface area contributed by atoms with E-state index in [2.05, 4.69) is 5.10 Å². The van der Waals surface area contributed by atoms with Crippen LogP contribution < -0.4 is 5.01 Å². The van der Waals surface area contributed by atoms with E-state index in [9.17, 15) is 22.4 Å². The van der Waals surface area contributed by atoms with Crippen molar-refractivity contribution in [3.63, 3.8) is 0 Å². The van der Waals surface area contributed by atoms with Gasteiger partial charge in [-0.2, -0.15) is 23.5 Å². The average molecular weight is 481 g/mol. The largest absolute Gasteiger partial charge is 0.462 e. The molecule has 1 unspecified atom stereocenters. The second kappa shape index (κ2) is 9.58. The number of nitriles is 1. The number of hydrogen-bond acceptors (Lipinski definition) is 5. The third-order valence-electron chi connectivity index (χ3n) is 5.59. The number of alkyl halides is 3. The molecule has 0 saturated carbocycles. The third kappa shape index (κ3) is 5.01. The zero-order chi connectivity index (χ0) is 25.2. The van der Waals surface area contributed by atoms with Crippen LogP contribution in [0.25, 0.3) is 0 Å². The highest BCUT2D eigenvalue weighted by Crippen LogP contribution is 2.40. The van der Waals surface area contributed by atoms with Crippen LogP contribution in [-0.4, -0.2) is 18.3 Å². The van der Waals surface area contributed by atoms with Gasteiger partial charge in [-0.15, -0.1) is 0 Å². The number of esters is 1. The Kier molecular flexibility index (Phi) is 6.56. The number of ether oxygens (including phenoxy) is 1. The molecule has 0 aromatic heterocycles. The Morgan fingerprint density at radius 2 is 1.80 bits per heavy atom. The molecular weight excluding hydrogens is 462 g/mol. The number of halogens is 4. The lowest BCUT2D eigenvalue weighted by Gasteiger charge is -2.25. The summed E-state index contributed by atoms with van der Waals surface area (Å²) < 4.78 is 59.3. The Bertz CT molecular complexity index is 1310. The normalized spacial score (nSPS) is 15.5. The minimum Gasteiger partial charge on any atom is -0.462 e. The van der Waals surface area contributed by atoms with Gasteiger partial charge in [0.2, 0.25) is 0 Å². The maximum Gasteiger partial charge on any atom is 0.417 e. The zero-order valence-corrected chi connectivity index (χ0v) is 18.5. The molecule has 1 atom stereocenters. The molecule has 0 spiro atoms. The highest BCUT2D eigenvalue weighted by Gasteiger charge is 2.36. The smallest absolute Gasteiger partial charge is 0.417 e. The number of hydrogen-bond donors (Lipinski definition) is 0. The fourth-order valence-corrected chi connectivity index (χ4v) is 3.89. The van der Waals surface area contributed by atoms with Gasteiger partial charge in [-0.25, -0.2) is 9.18 Å². The first-order valence-corrected chi connectivity index (χ1v) is 10.7. The first-order valence-electron chi connectivity index (χ1n) is 10.7. The van der Waals surface area contributed by atoms with Crippen LogP contribution in [-0.2, 0) is 10.9 Å². The lowest BCUT2D eigenvalue weighted by molar-refractivity contribution is -0.137. The van der Waals surface area contributed by atoms with E-state index >= 15 is 0 Å². The Morgan fingerprint density at radius 3 is 2.40 bits per heavy atom. The molecule has 1 heterocycles. The summed E-state index contributed by atoms with van der Waals surface area (Å²) in [6.45, 7) is 1.95. The molecule has 5 nitrogen and oxygen atoms in total. The number of benzene rings is 3. The molecule has 3 aromatic rings. The summed E-state index contributed by atoms with van der Waals surface area (Å²) in [6, 6.07) is 16.7. The highest BCUT2D eigenvalue weighted by atomic mass is 19.4. The number of carbonyl (C=O) groups excluding carboxylic acids is 1. The van der Waals surface area contributed by atoms with Gasteiger partial charge >= 0.3 is 12.1 Å². The fourth-order valence-electron chi connectivity index (χ4n) is 3.89. The van der Waals surface area contributed by atoms with Gasteiger partial charge < -0.3 is 4.74 Å². The Balaban J connectivity index is 1.75. The summed E-state index contributed by atoms with van der Waals surface area (Å²) >= 11 is 0. The van der Waals surface area contributed by atoms with Crippen molar-refractivity contribution in [1.29, 1.82) is 5.26 Å². The predicted octanol–water partition coefficient (Wildman–Crippen LogP) is 6.25. The maximum atomic E-state index is 13.6. The summed E-state index contributed by atoms with van der Waals surface area (Å²) in [5, 5.41) is 15.2. The summed E-state index contributed by atoms with van der Waals surface area (Å²) in [7, 11) is 0. The standard InChI is InChI=1S/C26H19F4N3O2/c1-2-35-25(34)18-5-3-16(4-6-18)23-14-24(17-7-10-20(27)11-8-17)33(32-23)21-12-9-19(15-31)22(13-21)26(28,29)30/h3-13,24H,2,14H2,1H3. The van der Waals surface area contributed by atoms with Crippen LogP contribution in [0.2, 0.25) is 0 Å². The van der Waals surface area contributed by atoms with Gasteiger partial charge in [0.05, 0.1) is 46.8 Å². The SMILES string of the molecule is CCOC(=O)c1ccc(C2=NN(c3ccc(C#N)c(C(F)(F)F)c3)C(c3ccc(F)cc3)C2)cc1. The summed E-state index contributed by atoms with van der Waals surface area (Å²) in [4.78, 5) is 11.9. The molecule has 3 aromatic carbocycles. The molecule has 0 amide bonds. The second-order valence-corrected chi connectivity index (χ2v) is 7.80. The highest BCUT2D eigenvalue weighted by molar-refractivity contribution is 6.04. The Hall–Kier alpha value is -4.19. The first-order chi connectivity index (χ1) is 16.7. The van der Waals surface area contributed by atoms with Crippen molar-refractivity contribution in [2.24, 2.45) is 5.10 Å². The van der Waals surface area contributed by atoms with Crippen molar-refractivity contribution < 1.29 is 27.1 Å². The molecule has 0 fully saturated rings. The van der Waals surface area contributed by atoms with Crippen LogP contribution in [0.4, 0.5) is 23.2 Å². The van der Waals surface area contributed by atoms with E-state index < -0.39 is 35.1 Å². The molecule has 0 N–H and O–H groups in total. The second-order valence-electron chi connectivity index (χ2n) is 7.80. The van der Waals surface area contributed by atoms with E-state index in [0.717, 1.165) is 12.1 Å². The van der Waals surface area contributed by atoms with Crippen LogP contribution in [0.3, 0.4) is 0 Å². The quantitative estimate of drug-likeness (QED) is 0.319. The van der Waals surface area contributed by atoms with Crippen LogP contribution in [0.1, 0.15) is 52.0 Å². The molecular formula is C26H19F4N3O2. The van der Waals surface area contributed by atoms with Crippen LogP contribution in [0.5, 0.6) is 0 Å². The minimum absolute atomic E-state index is 0.142. The van der Waals surface area contributed by atoms with Crippen molar-refractivity contribution in [2.45, 2.75) is 25.6 Å². The van der Waals surface area contributed by atoms with Crippen molar-refractivity contribution in [2.75, 3.05) is 11.6 Å². The van der Waals surface area contributed by atoms with E-state index in [-0.39, 0.29) is 12.3 Å². The average Bonchev–Trinajstić information content (AvgIpc) is 3.29.